The van der Waals surface area contributed by atoms with Gasteiger partial charge in [0, 0.05) is 26.0 Å². The number of likely N-dealkylation sites (tertiary alicyclic amines) is 1. The Balaban J connectivity index is 1.70. The van der Waals surface area contributed by atoms with E-state index in [1.807, 2.05) is 31.2 Å². The third-order valence-corrected chi connectivity index (χ3v) is 5.27. The van der Waals surface area contributed by atoms with Crippen LogP contribution in [0, 0.1) is 6.92 Å². The van der Waals surface area contributed by atoms with Crippen LogP contribution in [-0.2, 0) is 4.79 Å². The Bertz CT molecular complexity index is 898. The highest BCUT2D eigenvalue weighted by atomic mass is 16.5. The molecule has 0 spiro atoms. The Morgan fingerprint density at radius 2 is 1.97 bits per heavy atom. The summed E-state index contributed by atoms with van der Waals surface area (Å²) < 4.78 is 5.15. The molecule has 160 valence electrons. The topological polar surface area (TPSA) is 87.7 Å². The number of nitrogens with zero attached hydrogens (tertiary/aromatic N) is 4. The van der Waals surface area contributed by atoms with E-state index < -0.39 is 0 Å². The molecule has 1 aliphatic heterocycles. The van der Waals surface area contributed by atoms with Gasteiger partial charge in [0.25, 0.3) is 5.91 Å². The van der Waals surface area contributed by atoms with Crippen LogP contribution < -0.4 is 10.1 Å². The number of amides is 2. The minimum atomic E-state index is -0.113. The lowest BCUT2D eigenvalue weighted by molar-refractivity contribution is -0.118. The fourth-order valence-corrected chi connectivity index (χ4v) is 3.63. The number of nitrogens with one attached hydrogen (secondary N) is 1. The summed E-state index contributed by atoms with van der Waals surface area (Å²) in [7, 11) is 5.02. The minimum Gasteiger partial charge on any atom is -0.497 e. The van der Waals surface area contributed by atoms with Crippen LogP contribution in [0.25, 0.3) is 0 Å². The number of aryl methyl sites for hydroxylation is 1. The van der Waals surface area contributed by atoms with Crippen molar-refractivity contribution in [3.05, 3.63) is 47.5 Å². The average Bonchev–Trinajstić information content (AvgIpc) is 2.74. The molecule has 1 aliphatic rings. The van der Waals surface area contributed by atoms with Crippen molar-refractivity contribution >= 4 is 17.5 Å². The molecule has 0 aliphatic carbocycles. The smallest absolute Gasteiger partial charge is 0.256 e. The summed E-state index contributed by atoms with van der Waals surface area (Å²) in [6, 6.07) is 7.22. The van der Waals surface area contributed by atoms with Gasteiger partial charge in [-0.05, 0) is 50.6 Å². The van der Waals surface area contributed by atoms with E-state index in [-0.39, 0.29) is 24.4 Å². The molecule has 2 amide bonds. The molecule has 1 N–H and O–H groups in total. The number of rotatable bonds is 6. The second-order valence-corrected chi connectivity index (χ2v) is 7.69. The molecule has 30 heavy (non-hydrogen) atoms. The van der Waals surface area contributed by atoms with Crippen LogP contribution >= 0.6 is 0 Å². The number of anilines is 1. The molecule has 1 saturated heterocycles. The first-order valence-corrected chi connectivity index (χ1v) is 10.1. The number of carbonyl (C=O) groups is 2. The zero-order valence-electron chi connectivity index (χ0n) is 18.0. The molecule has 1 atom stereocenters. The van der Waals surface area contributed by atoms with Gasteiger partial charge in [-0.2, -0.15) is 0 Å². The summed E-state index contributed by atoms with van der Waals surface area (Å²) in [5, 5.41) is 2.93. The van der Waals surface area contributed by atoms with Gasteiger partial charge in [0.05, 0.1) is 31.0 Å². The zero-order valence-corrected chi connectivity index (χ0v) is 18.0. The lowest BCUT2D eigenvalue weighted by Crippen LogP contribution is -2.40. The van der Waals surface area contributed by atoms with Crippen LogP contribution in [0.4, 0.5) is 5.69 Å². The molecule has 0 saturated carbocycles. The maximum absolute atomic E-state index is 12.6. The molecule has 8 nitrogen and oxygen atoms in total. The van der Waals surface area contributed by atoms with Crippen molar-refractivity contribution in [2.24, 2.45) is 0 Å². The van der Waals surface area contributed by atoms with Gasteiger partial charge >= 0.3 is 0 Å². The van der Waals surface area contributed by atoms with E-state index in [2.05, 4.69) is 20.2 Å². The van der Waals surface area contributed by atoms with Crippen LogP contribution in [0.15, 0.2) is 30.5 Å². The number of hydrogen-bond donors (Lipinski definition) is 1. The summed E-state index contributed by atoms with van der Waals surface area (Å²) >= 11 is 0. The highest BCUT2D eigenvalue weighted by Crippen LogP contribution is 2.29. The first kappa shape index (κ1) is 21.7. The lowest BCUT2D eigenvalue weighted by Gasteiger charge is -2.34. The van der Waals surface area contributed by atoms with Gasteiger partial charge in [-0.1, -0.05) is 6.42 Å². The Morgan fingerprint density at radius 1 is 1.23 bits per heavy atom. The fraction of sp³-hybridized carbons (Fsp3) is 0.455. The number of piperidine rings is 1. The Hall–Kier alpha value is -3.00. The predicted octanol–water partition coefficient (Wildman–Crippen LogP) is 2.66. The first-order chi connectivity index (χ1) is 14.4. The van der Waals surface area contributed by atoms with Crippen LogP contribution in [-0.4, -0.2) is 65.9 Å². The number of hydrogen-bond acceptors (Lipinski definition) is 6. The summed E-state index contributed by atoms with van der Waals surface area (Å²) in [6.45, 7) is 2.89. The van der Waals surface area contributed by atoms with Gasteiger partial charge < -0.3 is 15.0 Å². The van der Waals surface area contributed by atoms with Gasteiger partial charge in [-0.3, -0.25) is 14.5 Å². The van der Waals surface area contributed by atoms with E-state index in [9.17, 15) is 9.59 Å². The molecule has 0 radical (unpaired) electrons. The minimum absolute atomic E-state index is 0.0393. The largest absolute Gasteiger partial charge is 0.497 e. The molecule has 1 aromatic carbocycles. The summed E-state index contributed by atoms with van der Waals surface area (Å²) in [5.74, 6) is 1.22. The van der Waals surface area contributed by atoms with E-state index in [0.717, 1.165) is 37.2 Å². The third-order valence-electron chi connectivity index (χ3n) is 5.27. The first-order valence-electron chi connectivity index (χ1n) is 10.1. The van der Waals surface area contributed by atoms with E-state index in [4.69, 9.17) is 4.74 Å². The van der Waals surface area contributed by atoms with Crippen molar-refractivity contribution < 1.29 is 14.3 Å². The second kappa shape index (κ2) is 9.67. The van der Waals surface area contributed by atoms with Gasteiger partial charge in [0.1, 0.15) is 11.6 Å². The Kier molecular flexibility index (Phi) is 6.99. The maximum atomic E-state index is 12.6. The number of methoxy groups -OCH3 is 1. The molecule has 1 aromatic heterocycles. The van der Waals surface area contributed by atoms with E-state index in [0.29, 0.717) is 17.1 Å². The van der Waals surface area contributed by atoms with Crippen LogP contribution in [0.5, 0.6) is 5.75 Å². The van der Waals surface area contributed by atoms with Crippen molar-refractivity contribution in [2.45, 2.75) is 32.2 Å². The average molecular weight is 412 g/mol. The van der Waals surface area contributed by atoms with Gasteiger partial charge in [0.15, 0.2) is 0 Å². The van der Waals surface area contributed by atoms with E-state index in [1.165, 1.54) is 4.90 Å². The molecule has 2 heterocycles. The third kappa shape index (κ3) is 5.13. The maximum Gasteiger partial charge on any atom is 0.256 e. The van der Waals surface area contributed by atoms with Crippen molar-refractivity contribution in [3.63, 3.8) is 0 Å². The molecule has 1 fully saturated rings. The van der Waals surface area contributed by atoms with Gasteiger partial charge in [-0.15, -0.1) is 0 Å². The molecule has 0 unspecified atom stereocenters. The van der Waals surface area contributed by atoms with Crippen LogP contribution in [0.1, 0.15) is 47.2 Å². The highest BCUT2D eigenvalue weighted by molar-refractivity contribution is 5.94. The number of carbonyl (C=O) groups excluding carboxylic acids is 2. The summed E-state index contributed by atoms with van der Waals surface area (Å²) in [6.07, 6.45) is 4.57. The Morgan fingerprint density at radius 3 is 2.60 bits per heavy atom. The Labute approximate surface area is 177 Å². The molecular formula is C22H29N5O3. The molecule has 0 bridgehead atoms. The molecular weight excluding hydrogens is 382 g/mol. The predicted molar refractivity (Wildman–Crippen MR) is 115 cm³/mol. The van der Waals surface area contributed by atoms with Crippen molar-refractivity contribution in [3.8, 4) is 5.75 Å². The van der Waals surface area contributed by atoms with Crippen LogP contribution in [0.2, 0.25) is 0 Å². The van der Waals surface area contributed by atoms with E-state index >= 15 is 0 Å². The van der Waals surface area contributed by atoms with Crippen molar-refractivity contribution in [1.82, 2.24) is 19.8 Å². The summed E-state index contributed by atoms with van der Waals surface area (Å²) in [4.78, 5) is 37.6. The van der Waals surface area contributed by atoms with Crippen molar-refractivity contribution in [2.75, 3.05) is 39.6 Å². The van der Waals surface area contributed by atoms with Gasteiger partial charge in [0.2, 0.25) is 5.91 Å². The SMILES string of the molecule is COc1ccc(NC(=O)CN2CCCC[C@@H]2c2ncc(C(=O)N(C)C)c(C)n2)cc1. The highest BCUT2D eigenvalue weighted by Gasteiger charge is 2.28. The number of benzene rings is 1. The standard InChI is InChI=1S/C22H29N5O3/c1-15-18(22(29)26(2)3)13-23-21(24-15)19-7-5-6-12-27(19)14-20(28)25-16-8-10-17(30-4)11-9-16/h8-11,13,19H,5-7,12,14H2,1-4H3,(H,25,28)/t19-/m1/s1. The second-order valence-electron chi connectivity index (χ2n) is 7.69. The number of aromatic nitrogens is 2. The molecule has 3 rings (SSSR count). The number of ether oxygens (including phenoxy) is 1. The zero-order chi connectivity index (χ0) is 21.7. The fourth-order valence-electron chi connectivity index (χ4n) is 3.63. The van der Waals surface area contributed by atoms with Crippen molar-refractivity contribution in [1.29, 1.82) is 0 Å². The van der Waals surface area contributed by atoms with Gasteiger partial charge in [-0.25, -0.2) is 9.97 Å². The molecule has 2 aromatic rings. The lowest BCUT2D eigenvalue weighted by atomic mass is 10.0. The molecule has 8 heteroatoms. The normalized spacial score (nSPS) is 16.7. The van der Waals surface area contributed by atoms with Crippen LogP contribution in [0.3, 0.4) is 0 Å². The summed E-state index contributed by atoms with van der Waals surface area (Å²) in [5.41, 5.74) is 1.89. The van der Waals surface area contributed by atoms with E-state index in [1.54, 1.807) is 27.4 Å². The quantitative estimate of drug-likeness (QED) is 0.786. The monoisotopic (exact) mass is 411 g/mol.